The van der Waals surface area contributed by atoms with Crippen LogP contribution in [0.1, 0.15) is 28.7 Å². The monoisotopic (exact) mass is 568 g/mol. The van der Waals surface area contributed by atoms with Crippen molar-refractivity contribution in [2.45, 2.75) is 12.6 Å². The first-order valence-electron chi connectivity index (χ1n) is 12.8. The highest BCUT2D eigenvalue weighted by Gasteiger charge is 2.31. The van der Waals surface area contributed by atoms with Crippen molar-refractivity contribution in [1.82, 2.24) is 10.2 Å². The molecule has 4 N–H and O–H groups in total. The molecular formula is C31H32F4N4O2. The Hall–Kier alpha value is -4.44. The van der Waals surface area contributed by atoms with Crippen molar-refractivity contribution in [2.24, 2.45) is 0 Å². The molecule has 0 aliphatic carbocycles. The lowest BCUT2D eigenvalue weighted by Gasteiger charge is -2.20. The summed E-state index contributed by atoms with van der Waals surface area (Å²) in [5.41, 5.74) is 6.98. The summed E-state index contributed by atoms with van der Waals surface area (Å²) < 4.78 is 61.2. The lowest BCUT2D eigenvalue weighted by atomic mass is 9.87. The van der Waals surface area contributed by atoms with Gasteiger partial charge in [-0.2, -0.15) is 17.6 Å². The van der Waals surface area contributed by atoms with E-state index in [4.69, 9.17) is 15.9 Å². The summed E-state index contributed by atoms with van der Waals surface area (Å²) in [7, 11) is 3.33. The molecule has 216 valence electrons. The van der Waals surface area contributed by atoms with Gasteiger partial charge in [0.1, 0.15) is 12.4 Å². The number of halogens is 4. The normalized spacial score (nSPS) is 12.2. The molecule has 0 bridgehead atoms. The molecule has 0 atom stereocenters. The molecule has 3 rings (SSSR count). The van der Waals surface area contributed by atoms with E-state index >= 15 is 0 Å². The predicted molar refractivity (Wildman–Crippen MR) is 154 cm³/mol. The van der Waals surface area contributed by atoms with Crippen LogP contribution in [-0.4, -0.2) is 56.7 Å². The van der Waals surface area contributed by atoms with Crippen LogP contribution in [0.2, 0.25) is 0 Å². The summed E-state index contributed by atoms with van der Waals surface area (Å²) in [5, 5.41) is 10.6. The first-order valence-corrected chi connectivity index (χ1v) is 12.8. The molecule has 41 heavy (non-hydrogen) atoms. The molecule has 0 saturated heterocycles. The maximum Gasteiger partial charge on any atom is 0.393 e. The average molecular weight is 569 g/mol. The van der Waals surface area contributed by atoms with Crippen molar-refractivity contribution in [1.29, 1.82) is 5.41 Å². The molecule has 0 unspecified atom stereocenters. The second-order valence-corrected chi connectivity index (χ2v) is 9.34. The van der Waals surface area contributed by atoms with E-state index in [1.54, 1.807) is 74.8 Å². The highest BCUT2D eigenvalue weighted by molar-refractivity contribution is 6.02. The SMILES string of the molecule is CN(C)C(=O)/C=C/CNCCOc1ccc(/C(=C(/CC(F)(F)F)c2ccccc2)c2ccc(N)c(C(=N)F)c2)cc1. The zero-order valence-corrected chi connectivity index (χ0v) is 22.8. The van der Waals surface area contributed by atoms with Crippen molar-refractivity contribution in [2.75, 3.05) is 39.5 Å². The number of alkyl halides is 3. The molecule has 0 radical (unpaired) electrons. The van der Waals surface area contributed by atoms with Crippen LogP contribution in [0.15, 0.2) is 84.9 Å². The Morgan fingerprint density at radius 3 is 2.27 bits per heavy atom. The van der Waals surface area contributed by atoms with E-state index in [0.717, 1.165) is 0 Å². The molecule has 3 aromatic carbocycles. The van der Waals surface area contributed by atoms with E-state index in [-0.39, 0.29) is 28.3 Å². The van der Waals surface area contributed by atoms with Gasteiger partial charge in [0, 0.05) is 38.9 Å². The van der Waals surface area contributed by atoms with E-state index in [1.807, 2.05) is 0 Å². The number of nitrogen functional groups attached to an aromatic ring is 1. The number of allylic oxidation sites excluding steroid dienone is 1. The van der Waals surface area contributed by atoms with Crippen LogP contribution in [-0.2, 0) is 4.79 Å². The maximum atomic E-state index is 13.9. The summed E-state index contributed by atoms with van der Waals surface area (Å²) in [6, 6.07) is 19.0. The van der Waals surface area contributed by atoms with Crippen LogP contribution in [0.5, 0.6) is 5.75 Å². The highest BCUT2D eigenvalue weighted by atomic mass is 19.4. The number of anilines is 1. The summed E-state index contributed by atoms with van der Waals surface area (Å²) >= 11 is 0. The molecule has 0 fully saturated rings. The molecule has 0 heterocycles. The molecule has 1 amide bonds. The third-order valence-electron chi connectivity index (χ3n) is 6.03. The largest absolute Gasteiger partial charge is 0.492 e. The van der Waals surface area contributed by atoms with Crippen LogP contribution < -0.4 is 15.8 Å². The number of nitrogens with one attached hydrogen (secondary N) is 2. The molecular weight excluding hydrogens is 536 g/mol. The number of hydrogen-bond acceptors (Lipinski definition) is 5. The Balaban J connectivity index is 1.91. The Morgan fingerprint density at radius 1 is 1.00 bits per heavy atom. The summed E-state index contributed by atoms with van der Waals surface area (Å²) in [6.45, 7) is 1.30. The summed E-state index contributed by atoms with van der Waals surface area (Å²) in [4.78, 5) is 13.0. The lowest BCUT2D eigenvalue weighted by molar-refractivity contribution is -0.124. The van der Waals surface area contributed by atoms with Gasteiger partial charge >= 0.3 is 6.18 Å². The predicted octanol–water partition coefficient (Wildman–Crippen LogP) is 6.09. The van der Waals surface area contributed by atoms with Gasteiger partial charge in [0.15, 0.2) is 0 Å². The number of nitrogens with zero attached hydrogens (tertiary/aromatic N) is 1. The number of ether oxygens (including phenoxy) is 1. The van der Waals surface area contributed by atoms with Crippen molar-refractivity contribution in [3.8, 4) is 5.75 Å². The number of likely N-dealkylation sites (N-methyl/N-ethyl adjacent to an activating group) is 1. The maximum absolute atomic E-state index is 13.9. The number of benzene rings is 3. The Labute approximate surface area is 236 Å². The number of carbonyl (C=O) groups is 1. The quantitative estimate of drug-likeness (QED) is 0.0616. The van der Waals surface area contributed by atoms with Crippen LogP contribution in [0.25, 0.3) is 11.1 Å². The van der Waals surface area contributed by atoms with Crippen molar-refractivity contribution in [3.05, 3.63) is 107 Å². The van der Waals surface area contributed by atoms with Crippen molar-refractivity contribution >= 4 is 28.7 Å². The molecule has 0 saturated carbocycles. The number of carbonyl (C=O) groups excluding carboxylic acids is 1. The van der Waals surface area contributed by atoms with Crippen LogP contribution >= 0.6 is 0 Å². The van der Waals surface area contributed by atoms with E-state index in [0.29, 0.717) is 42.1 Å². The third kappa shape index (κ3) is 9.32. The second-order valence-electron chi connectivity index (χ2n) is 9.34. The Kier molecular flexibility index (Phi) is 10.8. The fourth-order valence-corrected chi connectivity index (χ4v) is 4.04. The van der Waals surface area contributed by atoms with Gasteiger partial charge in [-0.3, -0.25) is 10.2 Å². The van der Waals surface area contributed by atoms with E-state index in [1.165, 1.54) is 29.2 Å². The first-order chi connectivity index (χ1) is 19.5. The second kappa shape index (κ2) is 14.3. The van der Waals surface area contributed by atoms with Crippen LogP contribution in [0.3, 0.4) is 0 Å². The molecule has 0 aromatic heterocycles. The number of hydrogen-bond donors (Lipinski definition) is 3. The lowest BCUT2D eigenvalue weighted by Crippen LogP contribution is -2.22. The summed E-state index contributed by atoms with van der Waals surface area (Å²) in [5.74, 6) is -0.882. The minimum Gasteiger partial charge on any atom is -0.492 e. The van der Waals surface area contributed by atoms with Gasteiger partial charge in [0.2, 0.25) is 11.9 Å². The molecule has 3 aromatic rings. The fraction of sp³-hybridized carbons (Fsp3) is 0.226. The Morgan fingerprint density at radius 2 is 1.66 bits per heavy atom. The molecule has 6 nitrogen and oxygen atoms in total. The van der Waals surface area contributed by atoms with Gasteiger partial charge in [-0.25, -0.2) is 0 Å². The molecule has 0 aliphatic rings. The average Bonchev–Trinajstić information content (AvgIpc) is 2.93. The highest BCUT2D eigenvalue weighted by Crippen LogP contribution is 2.40. The number of rotatable bonds is 12. The van der Waals surface area contributed by atoms with Crippen LogP contribution in [0, 0.1) is 5.41 Å². The Bertz CT molecular complexity index is 1400. The van der Waals surface area contributed by atoms with Gasteiger partial charge in [-0.1, -0.05) is 54.6 Å². The van der Waals surface area contributed by atoms with Crippen molar-refractivity contribution in [3.63, 3.8) is 0 Å². The standard InChI is InChI=1S/C31H32F4N4O2/c1-39(2)28(40)9-6-16-38-17-18-41-24-13-10-22(11-14-24)29(23-12-15-27(36)25(19-23)30(32)37)26(20-31(33,34)35)21-7-4-3-5-8-21/h3-15,19,37-38H,16-18,20,36H2,1-2H3/b9-6+,29-26+,37-30?. The fourth-order valence-electron chi connectivity index (χ4n) is 4.04. The smallest absolute Gasteiger partial charge is 0.393 e. The van der Waals surface area contributed by atoms with E-state index in [2.05, 4.69) is 5.32 Å². The summed E-state index contributed by atoms with van der Waals surface area (Å²) in [6.07, 6.45) is -2.56. The molecule has 0 aliphatic heterocycles. The van der Waals surface area contributed by atoms with Gasteiger partial charge in [-0.05, 0) is 52.1 Å². The van der Waals surface area contributed by atoms with Gasteiger partial charge in [0.25, 0.3) is 0 Å². The topological polar surface area (TPSA) is 91.4 Å². The van der Waals surface area contributed by atoms with Gasteiger partial charge < -0.3 is 20.7 Å². The third-order valence-corrected chi connectivity index (χ3v) is 6.03. The van der Waals surface area contributed by atoms with Gasteiger partial charge in [0.05, 0.1) is 12.0 Å². The zero-order chi connectivity index (χ0) is 30.0. The zero-order valence-electron chi connectivity index (χ0n) is 22.8. The number of amides is 1. The number of nitrogens with two attached hydrogens (primary N) is 1. The molecule has 10 heteroatoms. The minimum atomic E-state index is -4.52. The first kappa shape index (κ1) is 31.1. The van der Waals surface area contributed by atoms with E-state index < -0.39 is 18.6 Å². The minimum absolute atomic E-state index is 0.00196. The van der Waals surface area contributed by atoms with Crippen LogP contribution in [0.4, 0.5) is 23.2 Å². The van der Waals surface area contributed by atoms with Crippen molar-refractivity contribution < 1.29 is 27.1 Å². The molecule has 0 spiro atoms. The van der Waals surface area contributed by atoms with Gasteiger partial charge in [-0.15, -0.1) is 0 Å². The van der Waals surface area contributed by atoms with E-state index in [9.17, 15) is 22.4 Å².